The fraction of sp³-hybridized carbons (Fsp3) is 0.316. The van der Waals surface area contributed by atoms with Gasteiger partial charge < -0.3 is 20.3 Å². The van der Waals surface area contributed by atoms with Gasteiger partial charge in [0.25, 0.3) is 11.8 Å². The molecule has 1 aliphatic rings. The largest absolute Gasteiger partial charge is 0.453 e. The number of fused-ring (bicyclic) bond motifs is 1. The minimum absolute atomic E-state index is 0.253. The van der Waals surface area contributed by atoms with Crippen molar-refractivity contribution in [2.45, 2.75) is 17.9 Å². The number of amides is 3. The SMILES string of the molecule is CNC(=O)c1c(NC(=O)c2cccc(SC)c2)sc2c1CCN(C(=O)OC)C2. The molecule has 1 aromatic heterocycles. The summed E-state index contributed by atoms with van der Waals surface area (Å²) in [6.07, 6.45) is 2.07. The number of methoxy groups -OCH3 is 1. The van der Waals surface area contributed by atoms with Gasteiger partial charge >= 0.3 is 6.09 Å². The standard InChI is InChI=1S/C19H21N3O4S2/c1-20-17(24)15-13-7-8-22(19(25)26-2)10-14(13)28-18(15)21-16(23)11-5-4-6-12(9-11)27-3/h4-6,9H,7-8,10H2,1-3H3,(H,20,24)(H,21,23). The number of thioether (sulfide) groups is 1. The third-order valence-corrected chi connectivity index (χ3v) is 6.36. The predicted octanol–water partition coefficient (Wildman–Crippen LogP) is 3.21. The van der Waals surface area contributed by atoms with E-state index in [2.05, 4.69) is 10.6 Å². The number of nitrogens with one attached hydrogen (secondary N) is 2. The summed E-state index contributed by atoms with van der Waals surface area (Å²) < 4.78 is 4.80. The van der Waals surface area contributed by atoms with Crippen molar-refractivity contribution in [2.24, 2.45) is 0 Å². The summed E-state index contributed by atoms with van der Waals surface area (Å²) in [6, 6.07) is 7.31. The van der Waals surface area contributed by atoms with Gasteiger partial charge in [-0.2, -0.15) is 0 Å². The number of anilines is 1. The number of hydrogen-bond donors (Lipinski definition) is 2. The van der Waals surface area contributed by atoms with E-state index in [1.54, 1.807) is 29.8 Å². The molecule has 28 heavy (non-hydrogen) atoms. The van der Waals surface area contributed by atoms with Gasteiger partial charge in [0.1, 0.15) is 5.00 Å². The number of thiophene rings is 1. The van der Waals surface area contributed by atoms with Gasteiger partial charge in [0.2, 0.25) is 0 Å². The van der Waals surface area contributed by atoms with Crippen LogP contribution in [0.1, 0.15) is 31.2 Å². The Morgan fingerprint density at radius 3 is 2.71 bits per heavy atom. The Balaban J connectivity index is 1.92. The summed E-state index contributed by atoms with van der Waals surface area (Å²) in [7, 11) is 2.90. The van der Waals surface area contributed by atoms with E-state index >= 15 is 0 Å². The van der Waals surface area contributed by atoms with Crippen LogP contribution in [-0.2, 0) is 17.7 Å². The first-order chi connectivity index (χ1) is 13.5. The number of carbonyl (C=O) groups excluding carboxylic acids is 3. The minimum Gasteiger partial charge on any atom is -0.453 e. The van der Waals surface area contributed by atoms with Gasteiger partial charge in [-0.05, 0) is 36.4 Å². The highest BCUT2D eigenvalue weighted by Gasteiger charge is 2.30. The molecule has 0 bridgehead atoms. The van der Waals surface area contributed by atoms with E-state index in [4.69, 9.17) is 4.74 Å². The van der Waals surface area contributed by atoms with Gasteiger partial charge in [-0.1, -0.05) is 6.07 Å². The molecule has 2 N–H and O–H groups in total. The van der Waals surface area contributed by atoms with Crippen molar-refractivity contribution in [1.29, 1.82) is 0 Å². The van der Waals surface area contributed by atoms with Crippen LogP contribution in [0.25, 0.3) is 0 Å². The van der Waals surface area contributed by atoms with Crippen molar-refractivity contribution in [3.8, 4) is 0 Å². The molecular weight excluding hydrogens is 398 g/mol. The van der Waals surface area contributed by atoms with Gasteiger partial charge in [0, 0.05) is 28.9 Å². The van der Waals surface area contributed by atoms with Crippen LogP contribution in [0.15, 0.2) is 29.2 Å². The minimum atomic E-state index is -0.403. The van der Waals surface area contributed by atoms with E-state index in [1.165, 1.54) is 18.4 Å². The van der Waals surface area contributed by atoms with Gasteiger partial charge in [0.15, 0.2) is 0 Å². The van der Waals surface area contributed by atoms with Crippen molar-refractivity contribution in [3.63, 3.8) is 0 Å². The Morgan fingerprint density at radius 1 is 1.25 bits per heavy atom. The fourth-order valence-corrected chi connectivity index (χ4v) is 4.80. The van der Waals surface area contributed by atoms with E-state index in [9.17, 15) is 14.4 Å². The van der Waals surface area contributed by atoms with E-state index in [1.807, 2.05) is 24.5 Å². The third-order valence-electron chi connectivity index (χ3n) is 4.50. The first-order valence-corrected chi connectivity index (χ1v) is 10.7. The second-order valence-corrected chi connectivity index (χ2v) is 8.10. The van der Waals surface area contributed by atoms with Crippen molar-refractivity contribution < 1.29 is 19.1 Å². The van der Waals surface area contributed by atoms with Crippen LogP contribution in [0.3, 0.4) is 0 Å². The molecular formula is C19H21N3O4S2. The lowest BCUT2D eigenvalue weighted by Gasteiger charge is -2.25. The molecule has 9 heteroatoms. The van der Waals surface area contributed by atoms with Crippen LogP contribution in [0, 0.1) is 0 Å². The number of rotatable bonds is 4. The molecule has 0 saturated carbocycles. The smallest absolute Gasteiger partial charge is 0.409 e. The molecule has 2 aromatic rings. The quantitative estimate of drug-likeness (QED) is 0.743. The molecule has 7 nitrogen and oxygen atoms in total. The summed E-state index contributed by atoms with van der Waals surface area (Å²) >= 11 is 2.88. The number of nitrogens with zero attached hydrogens (tertiary/aromatic N) is 1. The topological polar surface area (TPSA) is 87.7 Å². The normalized spacial score (nSPS) is 12.9. The lowest BCUT2D eigenvalue weighted by Crippen LogP contribution is -2.35. The molecule has 3 rings (SSSR count). The van der Waals surface area contributed by atoms with Crippen LogP contribution in [-0.4, -0.2) is 49.8 Å². The molecule has 0 saturated heterocycles. The van der Waals surface area contributed by atoms with Gasteiger partial charge in [-0.3, -0.25) is 9.59 Å². The van der Waals surface area contributed by atoms with Gasteiger partial charge in [-0.25, -0.2) is 4.79 Å². The second-order valence-electron chi connectivity index (χ2n) is 6.11. The predicted molar refractivity (Wildman–Crippen MR) is 110 cm³/mol. The van der Waals surface area contributed by atoms with Gasteiger partial charge in [0.05, 0.1) is 19.2 Å². The highest BCUT2D eigenvalue weighted by Crippen LogP contribution is 2.37. The monoisotopic (exact) mass is 419 g/mol. The van der Waals surface area contributed by atoms with Crippen LogP contribution in [0.2, 0.25) is 0 Å². The molecule has 2 heterocycles. The van der Waals surface area contributed by atoms with Crippen molar-refractivity contribution in [2.75, 3.05) is 32.3 Å². The number of carbonyl (C=O) groups is 3. The molecule has 0 spiro atoms. The van der Waals surface area contributed by atoms with Crippen LogP contribution >= 0.6 is 23.1 Å². The van der Waals surface area contributed by atoms with E-state index in [-0.39, 0.29) is 11.8 Å². The Hall–Kier alpha value is -2.52. The zero-order valence-corrected chi connectivity index (χ0v) is 17.5. The third kappa shape index (κ3) is 4.00. The Kier molecular flexibility index (Phi) is 6.25. The van der Waals surface area contributed by atoms with Crippen LogP contribution in [0.4, 0.5) is 9.80 Å². The van der Waals surface area contributed by atoms with E-state index in [0.717, 1.165) is 15.3 Å². The molecule has 1 aliphatic heterocycles. The average molecular weight is 420 g/mol. The molecule has 0 atom stereocenters. The zero-order chi connectivity index (χ0) is 20.3. The number of benzene rings is 1. The molecule has 0 fully saturated rings. The maximum atomic E-state index is 12.7. The maximum Gasteiger partial charge on any atom is 0.409 e. The maximum absolute atomic E-state index is 12.7. The van der Waals surface area contributed by atoms with Crippen molar-refractivity contribution >= 4 is 46.0 Å². The van der Waals surface area contributed by atoms with Crippen molar-refractivity contribution in [1.82, 2.24) is 10.2 Å². The lowest BCUT2D eigenvalue weighted by molar-refractivity contribution is 0.0962. The Morgan fingerprint density at radius 2 is 2.04 bits per heavy atom. The molecule has 0 unspecified atom stereocenters. The van der Waals surface area contributed by atoms with E-state index in [0.29, 0.717) is 35.6 Å². The van der Waals surface area contributed by atoms with Crippen LogP contribution in [0.5, 0.6) is 0 Å². The van der Waals surface area contributed by atoms with Crippen molar-refractivity contribution in [3.05, 3.63) is 45.8 Å². The molecule has 0 radical (unpaired) electrons. The summed E-state index contributed by atoms with van der Waals surface area (Å²) in [4.78, 5) is 40.5. The first kappa shape index (κ1) is 20.2. The first-order valence-electron chi connectivity index (χ1n) is 8.63. The fourth-order valence-electron chi connectivity index (χ4n) is 3.08. The number of hydrogen-bond acceptors (Lipinski definition) is 6. The van der Waals surface area contributed by atoms with Gasteiger partial charge in [-0.15, -0.1) is 23.1 Å². The summed E-state index contributed by atoms with van der Waals surface area (Å²) in [5.41, 5.74) is 1.87. The zero-order valence-electron chi connectivity index (χ0n) is 15.8. The Bertz CT molecular complexity index is 926. The average Bonchev–Trinajstić information content (AvgIpc) is 3.09. The second kappa shape index (κ2) is 8.66. The molecule has 1 aromatic carbocycles. The summed E-state index contributed by atoms with van der Waals surface area (Å²) in [5, 5.41) is 6.02. The summed E-state index contributed by atoms with van der Waals surface area (Å²) in [6.45, 7) is 0.818. The highest BCUT2D eigenvalue weighted by molar-refractivity contribution is 7.98. The Labute approximate surface area is 171 Å². The molecule has 0 aliphatic carbocycles. The number of ether oxygens (including phenoxy) is 1. The highest BCUT2D eigenvalue weighted by atomic mass is 32.2. The molecule has 148 valence electrons. The van der Waals surface area contributed by atoms with E-state index < -0.39 is 6.09 Å². The molecule has 3 amide bonds. The summed E-state index contributed by atoms with van der Waals surface area (Å²) in [5.74, 6) is -0.526. The van der Waals surface area contributed by atoms with Crippen LogP contribution < -0.4 is 10.6 Å². The lowest BCUT2D eigenvalue weighted by atomic mass is 10.0.